The second-order valence-corrected chi connectivity index (χ2v) is 7.02. The summed E-state index contributed by atoms with van der Waals surface area (Å²) in [6.07, 6.45) is -4.78. The molecule has 8 heteroatoms. The Kier molecular flexibility index (Phi) is 6.97. The van der Waals surface area contributed by atoms with Crippen LogP contribution in [0.25, 0.3) is 11.1 Å². The maximum atomic E-state index is 13.1. The number of hydrogen-bond acceptors (Lipinski definition) is 3. The van der Waals surface area contributed by atoms with Crippen molar-refractivity contribution in [3.63, 3.8) is 0 Å². The Balaban J connectivity index is 1.55. The Morgan fingerprint density at radius 3 is 2.16 bits per heavy atom. The molecule has 0 aliphatic rings. The third-order valence-electron chi connectivity index (χ3n) is 4.36. The Morgan fingerprint density at radius 2 is 1.52 bits per heavy atom. The highest BCUT2D eigenvalue weighted by atomic mass is 35.5. The molecule has 0 aliphatic heterocycles. The number of carbonyl (C=O) groups is 2. The number of hydrogen-bond donors (Lipinski definition) is 1. The number of amides is 1. The molecular formula is C23H17ClF3NO3. The molecule has 3 rings (SSSR count). The van der Waals surface area contributed by atoms with E-state index in [9.17, 15) is 22.8 Å². The molecule has 0 bridgehead atoms. The van der Waals surface area contributed by atoms with Crippen molar-refractivity contribution in [2.24, 2.45) is 0 Å². The number of para-hydroxylation sites is 1. The average molecular weight is 448 g/mol. The molecule has 4 nitrogen and oxygen atoms in total. The van der Waals surface area contributed by atoms with Gasteiger partial charge in [-0.1, -0.05) is 72.3 Å². The van der Waals surface area contributed by atoms with Gasteiger partial charge in [-0.3, -0.25) is 9.59 Å². The third kappa shape index (κ3) is 6.08. The lowest BCUT2D eigenvalue weighted by atomic mass is 10.0. The summed E-state index contributed by atoms with van der Waals surface area (Å²) in [6.45, 7) is -0.733. The topological polar surface area (TPSA) is 55.4 Å². The first-order chi connectivity index (χ1) is 14.7. The first-order valence-corrected chi connectivity index (χ1v) is 9.57. The molecule has 1 N–H and O–H groups in total. The van der Waals surface area contributed by atoms with Crippen LogP contribution in [0, 0.1) is 0 Å². The van der Waals surface area contributed by atoms with Crippen LogP contribution >= 0.6 is 11.6 Å². The van der Waals surface area contributed by atoms with E-state index in [0.29, 0.717) is 5.56 Å². The van der Waals surface area contributed by atoms with Gasteiger partial charge in [-0.05, 0) is 28.8 Å². The summed E-state index contributed by atoms with van der Waals surface area (Å²) in [7, 11) is 0. The van der Waals surface area contributed by atoms with Crippen LogP contribution in [0.15, 0.2) is 72.8 Å². The fraction of sp³-hybridized carbons (Fsp3) is 0.130. The number of esters is 1. The van der Waals surface area contributed by atoms with E-state index in [2.05, 4.69) is 5.32 Å². The zero-order chi connectivity index (χ0) is 22.4. The maximum Gasteiger partial charge on any atom is 0.418 e. The van der Waals surface area contributed by atoms with E-state index >= 15 is 0 Å². The molecule has 0 aliphatic carbocycles. The van der Waals surface area contributed by atoms with E-state index in [0.717, 1.165) is 23.3 Å². The minimum atomic E-state index is -4.70. The van der Waals surface area contributed by atoms with Crippen molar-refractivity contribution >= 4 is 29.2 Å². The number of benzene rings is 3. The summed E-state index contributed by atoms with van der Waals surface area (Å²) in [4.78, 5) is 24.0. The molecule has 0 saturated heterocycles. The minimum absolute atomic E-state index is 0.0811. The van der Waals surface area contributed by atoms with Crippen LogP contribution in [-0.2, 0) is 26.9 Å². The van der Waals surface area contributed by atoms with E-state index in [1.54, 1.807) is 12.1 Å². The van der Waals surface area contributed by atoms with Crippen LogP contribution in [0.4, 0.5) is 18.9 Å². The van der Waals surface area contributed by atoms with Gasteiger partial charge in [-0.15, -0.1) is 0 Å². The molecule has 3 aromatic rings. The summed E-state index contributed by atoms with van der Waals surface area (Å²) in [5.74, 6) is -1.61. The molecule has 0 unspecified atom stereocenters. The summed E-state index contributed by atoms with van der Waals surface area (Å²) < 4.78 is 44.1. The molecule has 1 amide bonds. The van der Waals surface area contributed by atoms with Crippen LogP contribution in [0.2, 0.25) is 5.02 Å². The van der Waals surface area contributed by atoms with Crippen molar-refractivity contribution in [2.75, 3.05) is 11.9 Å². The average Bonchev–Trinajstić information content (AvgIpc) is 2.74. The lowest BCUT2D eigenvalue weighted by Crippen LogP contribution is -2.23. The SMILES string of the molecule is O=C(COC(=O)Cc1ccc(-c2ccccc2)cc1)Nc1c(Cl)cccc1C(F)(F)F. The normalized spacial score (nSPS) is 11.1. The number of anilines is 1. The van der Waals surface area contributed by atoms with Gasteiger partial charge in [0.15, 0.2) is 6.61 Å². The molecule has 0 heterocycles. The van der Waals surface area contributed by atoms with Crippen LogP contribution in [0.5, 0.6) is 0 Å². The number of halogens is 4. The summed E-state index contributed by atoms with van der Waals surface area (Å²) in [6, 6.07) is 20.1. The number of nitrogens with one attached hydrogen (secondary N) is 1. The monoisotopic (exact) mass is 447 g/mol. The smallest absolute Gasteiger partial charge is 0.418 e. The Labute approximate surface area is 181 Å². The number of alkyl halides is 3. The van der Waals surface area contributed by atoms with Gasteiger partial charge in [-0.2, -0.15) is 13.2 Å². The molecule has 31 heavy (non-hydrogen) atoms. The van der Waals surface area contributed by atoms with E-state index in [4.69, 9.17) is 16.3 Å². The molecule has 0 fully saturated rings. The number of rotatable bonds is 6. The Morgan fingerprint density at radius 1 is 0.871 bits per heavy atom. The van der Waals surface area contributed by atoms with Gasteiger partial charge < -0.3 is 10.1 Å². The Bertz CT molecular complexity index is 1070. The van der Waals surface area contributed by atoms with Crippen molar-refractivity contribution in [1.29, 1.82) is 0 Å². The third-order valence-corrected chi connectivity index (χ3v) is 4.67. The molecule has 0 spiro atoms. The highest BCUT2D eigenvalue weighted by molar-refractivity contribution is 6.34. The fourth-order valence-electron chi connectivity index (χ4n) is 2.87. The van der Waals surface area contributed by atoms with Gasteiger partial charge in [0.25, 0.3) is 5.91 Å². The molecular weight excluding hydrogens is 431 g/mol. The lowest BCUT2D eigenvalue weighted by molar-refractivity contribution is -0.146. The van der Waals surface area contributed by atoms with E-state index in [1.807, 2.05) is 42.5 Å². The molecule has 3 aromatic carbocycles. The van der Waals surface area contributed by atoms with Crippen molar-refractivity contribution in [3.8, 4) is 11.1 Å². The summed E-state index contributed by atoms with van der Waals surface area (Å²) in [5, 5.41) is 1.79. The zero-order valence-corrected chi connectivity index (χ0v) is 16.8. The predicted molar refractivity (Wildman–Crippen MR) is 112 cm³/mol. The van der Waals surface area contributed by atoms with Crippen molar-refractivity contribution < 1.29 is 27.5 Å². The highest BCUT2D eigenvalue weighted by Crippen LogP contribution is 2.38. The van der Waals surface area contributed by atoms with Gasteiger partial charge in [0.05, 0.1) is 22.7 Å². The fourth-order valence-corrected chi connectivity index (χ4v) is 3.09. The first-order valence-electron chi connectivity index (χ1n) is 9.19. The lowest BCUT2D eigenvalue weighted by Gasteiger charge is -2.15. The van der Waals surface area contributed by atoms with Gasteiger partial charge in [0.2, 0.25) is 0 Å². The number of ether oxygens (including phenoxy) is 1. The quantitative estimate of drug-likeness (QED) is 0.489. The zero-order valence-electron chi connectivity index (χ0n) is 16.1. The van der Waals surface area contributed by atoms with Crippen LogP contribution in [-0.4, -0.2) is 18.5 Å². The van der Waals surface area contributed by atoms with Crippen LogP contribution in [0.1, 0.15) is 11.1 Å². The first kappa shape index (κ1) is 22.4. The van der Waals surface area contributed by atoms with Gasteiger partial charge >= 0.3 is 12.1 Å². The minimum Gasteiger partial charge on any atom is -0.455 e. The van der Waals surface area contributed by atoms with E-state index in [1.165, 1.54) is 6.07 Å². The standard InChI is InChI=1S/C23H17ClF3NO3/c24-19-8-4-7-18(23(25,26)27)22(19)28-20(29)14-31-21(30)13-15-9-11-17(12-10-15)16-5-2-1-3-6-16/h1-12H,13-14H2,(H,28,29). The summed E-state index contributed by atoms with van der Waals surface area (Å²) in [5.41, 5.74) is 1.03. The van der Waals surface area contributed by atoms with Crippen LogP contribution in [0.3, 0.4) is 0 Å². The Hall–Kier alpha value is -3.32. The second kappa shape index (κ2) is 9.66. The second-order valence-electron chi connectivity index (χ2n) is 6.61. The summed E-state index contributed by atoms with van der Waals surface area (Å²) >= 11 is 5.78. The molecule has 0 radical (unpaired) electrons. The predicted octanol–water partition coefficient (Wildman–Crippen LogP) is 5.75. The van der Waals surface area contributed by atoms with E-state index < -0.39 is 35.9 Å². The molecule has 0 aromatic heterocycles. The highest BCUT2D eigenvalue weighted by Gasteiger charge is 2.34. The molecule has 0 atom stereocenters. The van der Waals surface area contributed by atoms with Crippen molar-refractivity contribution in [2.45, 2.75) is 12.6 Å². The van der Waals surface area contributed by atoms with Crippen molar-refractivity contribution in [3.05, 3.63) is 88.9 Å². The maximum absolute atomic E-state index is 13.1. The molecule has 160 valence electrons. The van der Waals surface area contributed by atoms with Crippen LogP contribution < -0.4 is 5.32 Å². The van der Waals surface area contributed by atoms with Gasteiger partial charge in [0, 0.05) is 0 Å². The number of carbonyl (C=O) groups excluding carboxylic acids is 2. The van der Waals surface area contributed by atoms with E-state index in [-0.39, 0.29) is 11.4 Å². The van der Waals surface area contributed by atoms with Gasteiger partial charge in [0.1, 0.15) is 0 Å². The van der Waals surface area contributed by atoms with Crippen molar-refractivity contribution in [1.82, 2.24) is 0 Å². The molecule has 0 saturated carbocycles. The van der Waals surface area contributed by atoms with Gasteiger partial charge in [-0.25, -0.2) is 0 Å². The largest absolute Gasteiger partial charge is 0.455 e.